The first-order valence-electron chi connectivity index (χ1n) is 10.2. The molecule has 2 aromatic rings. The van der Waals surface area contributed by atoms with Crippen LogP contribution in [0.25, 0.3) is 5.70 Å². The largest absolute Gasteiger partial charge is 0.371 e. The maximum absolute atomic E-state index is 13.5. The number of aryl methyl sites for hydroxylation is 1. The van der Waals surface area contributed by atoms with Gasteiger partial charge in [0.2, 0.25) is 0 Å². The molecule has 3 aliphatic rings. The minimum absolute atomic E-state index is 0.107. The van der Waals surface area contributed by atoms with E-state index in [1.807, 2.05) is 47.6 Å². The predicted molar refractivity (Wildman–Crippen MR) is 114 cm³/mol. The lowest BCUT2D eigenvalue weighted by Gasteiger charge is -2.33. The normalized spacial score (nSPS) is 20.1. The molecule has 162 valence electrons. The molecule has 1 saturated heterocycles. The van der Waals surface area contributed by atoms with E-state index < -0.39 is 5.92 Å². The standard InChI is InChI=1S/C21H24F2N8/c1-28-12-16(10-26-28)19-20-18(13-30(24)14-25-20)31(27-19)11-15-3-2-4-17(9-15)29-7-5-21(22,23)6-8-29/h2-4,9-10,12-14,27H,5-8,11,24H2,1H3. The molecule has 1 fully saturated rings. The summed E-state index contributed by atoms with van der Waals surface area (Å²) in [6.07, 6.45) is 6.87. The monoisotopic (exact) mass is 426 g/mol. The van der Waals surface area contributed by atoms with Gasteiger partial charge in [0.15, 0.2) is 0 Å². The van der Waals surface area contributed by atoms with Gasteiger partial charge in [0.25, 0.3) is 5.92 Å². The van der Waals surface area contributed by atoms with Gasteiger partial charge in [-0.05, 0) is 17.7 Å². The Kier molecular flexibility index (Phi) is 4.66. The van der Waals surface area contributed by atoms with Gasteiger partial charge in [0.1, 0.15) is 17.7 Å². The summed E-state index contributed by atoms with van der Waals surface area (Å²) in [4.78, 5) is 6.53. The summed E-state index contributed by atoms with van der Waals surface area (Å²) >= 11 is 0. The third-order valence-corrected chi connectivity index (χ3v) is 5.71. The van der Waals surface area contributed by atoms with Crippen LogP contribution in [-0.4, -0.2) is 45.1 Å². The van der Waals surface area contributed by atoms with E-state index in [4.69, 9.17) is 5.84 Å². The second-order valence-corrected chi connectivity index (χ2v) is 8.04. The lowest BCUT2D eigenvalue weighted by molar-refractivity contribution is -0.0220. The van der Waals surface area contributed by atoms with Crippen LogP contribution in [0.5, 0.6) is 0 Å². The Morgan fingerprint density at radius 3 is 2.77 bits per heavy atom. The molecule has 0 unspecified atom stereocenters. The average Bonchev–Trinajstić information content (AvgIpc) is 3.32. The van der Waals surface area contributed by atoms with Gasteiger partial charge >= 0.3 is 0 Å². The molecule has 3 N–H and O–H groups in total. The van der Waals surface area contributed by atoms with Crippen molar-refractivity contribution in [3.8, 4) is 0 Å². The van der Waals surface area contributed by atoms with E-state index in [0.717, 1.165) is 33.9 Å². The molecule has 3 aliphatic heterocycles. The van der Waals surface area contributed by atoms with Crippen molar-refractivity contribution < 1.29 is 8.78 Å². The topological polar surface area (TPSA) is 78.0 Å². The SMILES string of the molecule is Cn1cc(C2=C3N=CN(N)C=C3N(Cc3cccc(N4CCC(F)(F)CC4)c3)N2)cn1. The first-order chi connectivity index (χ1) is 14.9. The van der Waals surface area contributed by atoms with Crippen LogP contribution in [0.15, 0.2) is 59.2 Å². The van der Waals surface area contributed by atoms with Crippen LogP contribution in [0, 0.1) is 0 Å². The Hall–Kier alpha value is -3.40. The van der Waals surface area contributed by atoms with E-state index in [1.165, 1.54) is 5.01 Å². The van der Waals surface area contributed by atoms with Gasteiger partial charge in [0, 0.05) is 56.6 Å². The van der Waals surface area contributed by atoms with Gasteiger partial charge in [-0.25, -0.2) is 19.6 Å². The predicted octanol–water partition coefficient (Wildman–Crippen LogP) is 2.40. The number of fused-ring (bicyclic) bond motifs is 1. The van der Waals surface area contributed by atoms with E-state index in [2.05, 4.69) is 21.6 Å². The van der Waals surface area contributed by atoms with E-state index >= 15 is 0 Å². The number of alkyl halides is 2. The summed E-state index contributed by atoms with van der Waals surface area (Å²) in [5, 5.41) is 7.66. The zero-order chi connectivity index (χ0) is 21.6. The number of nitrogens with two attached hydrogens (primary N) is 1. The van der Waals surface area contributed by atoms with Gasteiger partial charge in [-0.1, -0.05) is 12.1 Å². The van der Waals surface area contributed by atoms with Crippen LogP contribution in [0.4, 0.5) is 14.5 Å². The molecule has 0 spiro atoms. The molecule has 31 heavy (non-hydrogen) atoms. The molecule has 0 amide bonds. The third-order valence-electron chi connectivity index (χ3n) is 5.71. The van der Waals surface area contributed by atoms with Crippen molar-refractivity contribution in [1.82, 2.24) is 25.2 Å². The zero-order valence-corrected chi connectivity index (χ0v) is 17.2. The number of piperidine rings is 1. The van der Waals surface area contributed by atoms with Crippen molar-refractivity contribution in [2.24, 2.45) is 17.9 Å². The number of halogens is 2. The van der Waals surface area contributed by atoms with Crippen LogP contribution < -0.4 is 16.2 Å². The maximum Gasteiger partial charge on any atom is 0.251 e. The maximum atomic E-state index is 13.5. The third kappa shape index (κ3) is 3.86. The lowest BCUT2D eigenvalue weighted by atomic mass is 10.1. The Morgan fingerprint density at radius 2 is 2.03 bits per heavy atom. The summed E-state index contributed by atoms with van der Waals surface area (Å²) in [5.41, 5.74) is 8.87. The van der Waals surface area contributed by atoms with Crippen LogP contribution >= 0.6 is 0 Å². The fourth-order valence-electron chi connectivity index (χ4n) is 4.07. The number of hydrogen-bond donors (Lipinski definition) is 2. The van der Waals surface area contributed by atoms with E-state index in [0.29, 0.717) is 19.6 Å². The summed E-state index contributed by atoms with van der Waals surface area (Å²) in [7, 11) is 1.87. The van der Waals surface area contributed by atoms with Crippen LogP contribution in [0.3, 0.4) is 0 Å². The van der Waals surface area contributed by atoms with Crippen LogP contribution in [-0.2, 0) is 13.6 Å². The fourth-order valence-corrected chi connectivity index (χ4v) is 4.07. The van der Waals surface area contributed by atoms with E-state index in [9.17, 15) is 8.78 Å². The molecule has 5 rings (SSSR count). The van der Waals surface area contributed by atoms with Crippen molar-refractivity contribution >= 4 is 17.7 Å². The van der Waals surface area contributed by atoms with Gasteiger partial charge in [0.05, 0.1) is 18.4 Å². The molecule has 1 aromatic heterocycles. The van der Waals surface area contributed by atoms with Gasteiger partial charge in [-0.3, -0.25) is 20.1 Å². The quantitative estimate of drug-likeness (QED) is 0.732. The van der Waals surface area contributed by atoms with Crippen molar-refractivity contribution in [2.45, 2.75) is 25.3 Å². The van der Waals surface area contributed by atoms with Gasteiger partial charge < -0.3 is 4.90 Å². The van der Waals surface area contributed by atoms with Crippen LogP contribution in [0.1, 0.15) is 24.0 Å². The fraction of sp³-hybridized carbons (Fsp3) is 0.333. The lowest BCUT2D eigenvalue weighted by Crippen LogP contribution is -2.39. The molecule has 4 heterocycles. The van der Waals surface area contributed by atoms with Gasteiger partial charge in [-0.15, -0.1) is 0 Å². The number of aromatic nitrogens is 2. The molecular weight excluding hydrogens is 402 g/mol. The molecular formula is C21H24F2N8. The second-order valence-electron chi connectivity index (χ2n) is 8.04. The highest BCUT2D eigenvalue weighted by molar-refractivity contribution is 5.77. The molecule has 1 aromatic carbocycles. The number of hydrogen-bond acceptors (Lipinski definition) is 7. The number of rotatable bonds is 4. The first-order valence-corrected chi connectivity index (χ1v) is 10.2. The van der Waals surface area contributed by atoms with Gasteiger partial charge in [-0.2, -0.15) is 5.10 Å². The minimum atomic E-state index is -2.56. The molecule has 0 atom stereocenters. The molecule has 8 nitrogen and oxygen atoms in total. The first kappa shape index (κ1) is 19.6. The highest BCUT2D eigenvalue weighted by atomic mass is 19.3. The summed E-state index contributed by atoms with van der Waals surface area (Å²) < 4.78 is 28.8. The Bertz CT molecular complexity index is 1080. The van der Waals surface area contributed by atoms with E-state index in [1.54, 1.807) is 17.2 Å². The van der Waals surface area contributed by atoms with Crippen molar-refractivity contribution in [2.75, 3.05) is 18.0 Å². The van der Waals surface area contributed by atoms with Crippen LogP contribution in [0.2, 0.25) is 0 Å². The molecule has 0 radical (unpaired) electrons. The highest BCUT2D eigenvalue weighted by Gasteiger charge is 2.34. The molecule has 0 saturated carbocycles. The number of nitrogens with one attached hydrogen (secondary N) is 1. The van der Waals surface area contributed by atoms with Crippen molar-refractivity contribution in [3.05, 3.63) is 65.4 Å². The zero-order valence-electron chi connectivity index (χ0n) is 17.2. The summed E-state index contributed by atoms with van der Waals surface area (Å²) in [6.45, 7) is 1.27. The number of nitrogens with zero attached hydrogens (tertiary/aromatic N) is 6. The number of aliphatic imine (C=N–C) groups is 1. The smallest absolute Gasteiger partial charge is 0.251 e. The number of hydrazine groups is 2. The van der Waals surface area contributed by atoms with Crippen molar-refractivity contribution in [1.29, 1.82) is 0 Å². The Morgan fingerprint density at radius 1 is 1.23 bits per heavy atom. The minimum Gasteiger partial charge on any atom is -0.371 e. The summed E-state index contributed by atoms with van der Waals surface area (Å²) in [6, 6.07) is 8.02. The Balaban J connectivity index is 1.37. The molecule has 10 heteroatoms. The second kappa shape index (κ2) is 7.38. The number of benzene rings is 1. The Labute approximate surface area is 178 Å². The molecule has 0 aliphatic carbocycles. The average molecular weight is 426 g/mol. The molecule has 0 bridgehead atoms. The highest BCUT2D eigenvalue weighted by Crippen LogP contribution is 2.35. The summed E-state index contributed by atoms with van der Waals surface area (Å²) in [5.74, 6) is 3.37. The van der Waals surface area contributed by atoms with E-state index in [-0.39, 0.29) is 12.8 Å². The number of anilines is 1. The van der Waals surface area contributed by atoms with Crippen molar-refractivity contribution in [3.63, 3.8) is 0 Å².